The average molecular weight is 297 g/mol. The zero-order valence-electron chi connectivity index (χ0n) is 12.4. The summed E-state index contributed by atoms with van der Waals surface area (Å²) in [6, 6.07) is 6.72. The van der Waals surface area contributed by atoms with Crippen molar-refractivity contribution in [1.29, 1.82) is 0 Å². The van der Waals surface area contributed by atoms with Crippen molar-refractivity contribution in [3.63, 3.8) is 0 Å². The number of rotatable bonds is 6. The van der Waals surface area contributed by atoms with Gasteiger partial charge in [0.2, 0.25) is 0 Å². The molecule has 0 fully saturated rings. The summed E-state index contributed by atoms with van der Waals surface area (Å²) in [4.78, 5) is 3.93. The van der Waals surface area contributed by atoms with E-state index < -0.39 is 0 Å². The minimum atomic E-state index is 0.440. The van der Waals surface area contributed by atoms with Crippen LogP contribution in [0.3, 0.4) is 0 Å². The van der Waals surface area contributed by atoms with Gasteiger partial charge in [-0.05, 0) is 30.7 Å². The molecule has 1 aromatic rings. The largest absolute Gasteiger partial charge is 0.389 e. The van der Waals surface area contributed by atoms with Crippen LogP contribution in [0.4, 0.5) is 5.69 Å². The quantitative estimate of drug-likeness (QED) is 0.636. The summed E-state index contributed by atoms with van der Waals surface area (Å²) in [6.45, 7) is 8.83. The Balaban J connectivity index is 3.26. The predicted molar refractivity (Wildman–Crippen MR) is 91.4 cm³/mol. The molecule has 1 aromatic carbocycles. The van der Waals surface area contributed by atoms with Crippen molar-refractivity contribution in [1.82, 2.24) is 0 Å². The number of anilines is 1. The maximum atomic E-state index is 5.95. The molecule has 0 saturated heterocycles. The van der Waals surface area contributed by atoms with E-state index in [0.29, 0.717) is 16.9 Å². The zero-order valence-corrected chi connectivity index (χ0v) is 14.1. The highest BCUT2D eigenvalue weighted by Gasteiger charge is 2.19. The van der Waals surface area contributed by atoms with Gasteiger partial charge in [-0.15, -0.1) is 11.8 Å². The molecule has 0 saturated carbocycles. The van der Waals surface area contributed by atoms with Gasteiger partial charge >= 0.3 is 0 Å². The molecule has 2 nitrogen and oxygen atoms in total. The first kappa shape index (κ1) is 16.3. The number of thioether (sulfide) groups is 1. The van der Waals surface area contributed by atoms with Crippen LogP contribution in [0.25, 0.3) is 0 Å². The molecule has 1 unspecified atom stereocenters. The lowest BCUT2D eigenvalue weighted by Crippen LogP contribution is -2.34. The van der Waals surface area contributed by atoms with E-state index in [4.69, 9.17) is 18.0 Å². The monoisotopic (exact) mass is 296 g/mol. The lowest BCUT2D eigenvalue weighted by molar-refractivity contribution is 0.505. The second kappa shape index (κ2) is 7.15. The summed E-state index contributed by atoms with van der Waals surface area (Å²) in [5, 5.41) is 0. The third-order valence-electron chi connectivity index (χ3n) is 3.51. The normalized spacial score (nSPS) is 12.5. The Bertz CT molecular complexity index is 444. The molecule has 0 aliphatic rings. The van der Waals surface area contributed by atoms with Crippen LogP contribution in [0, 0.1) is 5.92 Å². The number of hydrogen-bond donors (Lipinski definition) is 1. The van der Waals surface area contributed by atoms with Crippen molar-refractivity contribution in [2.24, 2.45) is 11.7 Å². The average Bonchev–Trinajstić information content (AvgIpc) is 2.36. The van der Waals surface area contributed by atoms with E-state index in [2.05, 4.69) is 57.8 Å². The van der Waals surface area contributed by atoms with Gasteiger partial charge in [0.1, 0.15) is 4.99 Å². The second-order valence-electron chi connectivity index (χ2n) is 5.04. The lowest BCUT2D eigenvalue weighted by atomic mass is 10.0. The molecular weight excluding hydrogens is 272 g/mol. The Hall–Kier alpha value is -0.740. The van der Waals surface area contributed by atoms with Crippen molar-refractivity contribution in [3.8, 4) is 0 Å². The number of nitrogens with zero attached hydrogens (tertiary/aromatic N) is 1. The first-order valence-electron chi connectivity index (χ1n) is 6.68. The lowest BCUT2D eigenvalue weighted by Gasteiger charge is -2.32. The van der Waals surface area contributed by atoms with E-state index in [1.54, 1.807) is 11.8 Å². The molecule has 4 heteroatoms. The van der Waals surface area contributed by atoms with E-state index >= 15 is 0 Å². The Kier molecular flexibility index (Phi) is 6.14. The molecule has 106 valence electrons. The van der Waals surface area contributed by atoms with Crippen molar-refractivity contribution >= 4 is 34.7 Å². The van der Waals surface area contributed by atoms with Gasteiger partial charge < -0.3 is 10.6 Å². The zero-order chi connectivity index (χ0) is 14.6. The van der Waals surface area contributed by atoms with Crippen LogP contribution in [-0.2, 0) is 0 Å². The minimum absolute atomic E-state index is 0.440. The molecule has 0 radical (unpaired) electrons. The van der Waals surface area contributed by atoms with Crippen molar-refractivity contribution in [2.45, 2.75) is 38.6 Å². The van der Waals surface area contributed by atoms with Gasteiger partial charge in [0.15, 0.2) is 0 Å². The summed E-state index contributed by atoms with van der Waals surface area (Å²) < 4.78 is 0. The molecule has 0 bridgehead atoms. The summed E-state index contributed by atoms with van der Waals surface area (Å²) in [5.74, 6) is 1.59. The molecule has 0 aliphatic heterocycles. The Morgan fingerprint density at radius 1 is 1.37 bits per heavy atom. The van der Waals surface area contributed by atoms with Gasteiger partial charge in [0, 0.05) is 29.2 Å². The SMILES string of the molecule is CCSc1cccc(N(C)C(C)C(C)C)c1C(N)=S. The Morgan fingerprint density at radius 2 is 2.00 bits per heavy atom. The summed E-state index contributed by atoms with van der Waals surface area (Å²) >= 11 is 7.05. The topological polar surface area (TPSA) is 29.3 Å². The third kappa shape index (κ3) is 3.86. The number of hydrogen-bond acceptors (Lipinski definition) is 3. The van der Waals surface area contributed by atoms with Crippen molar-refractivity contribution in [3.05, 3.63) is 23.8 Å². The summed E-state index contributed by atoms with van der Waals surface area (Å²) in [6.07, 6.45) is 0. The molecule has 0 aliphatic carbocycles. The smallest absolute Gasteiger partial charge is 0.107 e. The van der Waals surface area contributed by atoms with E-state index in [-0.39, 0.29) is 0 Å². The molecule has 0 heterocycles. The van der Waals surface area contributed by atoms with Crippen molar-refractivity contribution < 1.29 is 0 Å². The van der Waals surface area contributed by atoms with Gasteiger partial charge in [-0.25, -0.2) is 0 Å². The fourth-order valence-corrected chi connectivity index (χ4v) is 3.13. The van der Waals surface area contributed by atoms with E-state index in [1.165, 1.54) is 4.90 Å². The maximum Gasteiger partial charge on any atom is 0.107 e. The predicted octanol–water partition coefficient (Wildman–Crippen LogP) is 3.91. The molecule has 0 aromatic heterocycles. The fourth-order valence-electron chi connectivity index (χ4n) is 2.00. The first-order chi connectivity index (χ1) is 8.90. The molecule has 1 atom stereocenters. The van der Waals surface area contributed by atoms with Crippen LogP contribution in [0.2, 0.25) is 0 Å². The van der Waals surface area contributed by atoms with Gasteiger partial charge in [-0.3, -0.25) is 0 Å². The minimum Gasteiger partial charge on any atom is -0.389 e. The van der Waals surface area contributed by atoms with Gasteiger partial charge in [-0.2, -0.15) is 0 Å². The highest BCUT2D eigenvalue weighted by atomic mass is 32.2. The summed E-state index contributed by atoms with van der Waals surface area (Å²) in [5.41, 5.74) is 8.10. The van der Waals surface area contributed by atoms with Gasteiger partial charge in [0.25, 0.3) is 0 Å². The van der Waals surface area contributed by atoms with Gasteiger partial charge in [0.05, 0.1) is 0 Å². The third-order valence-corrected chi connectivity index (χ3v) is 4.65. The van der Waals surface area contributed by atoms with Crippen molar-refractivity contribution in [2.75, 3.05) is 17.7 Å². The van der Waals surface area contributed by atoms with Crippen LogP contribution in [0.15, 0.2) is 23.1 Å². The number of nitrogens with two attached hydrogens (primary N) is 1. The van der Waals surface area contributed by atoms with Crippen LogP contribution in [0.1, 0.15) is 33.3 Å². The standard InChI is InChI=1S/C15H24N2S2/c1-6-19-13-9-7-8-12(14(13)15(16)18)17(5)11(4)10(2)3/h7-11H,6H2,1-5H3,(H2,16,18). The molecule has 1 rings (SSSR count). The molecule has 19 heavy (non-hydrogen) atoms. The van der Waals surface area contributed by atoms with Gasteiger partial charge in [-0.1, -0.05) is 39.1 Å². The van der Waals surface area contributed by atoms with E-state index in [9.17, 15) is 0 Å². The highest BCUT2D eigenvalue weighted by Crippen LogP contribution is 2.32. The van der Waals surface area contributed by atoms with E-state index in [0.717, 1.165) is 17.0 Å². The molecule has 2 N–H and O–H groups in total. The molecular formula is C15H24N2S2. The first-order valence-corrected chi connectivity index (χ1v) is 8.07. The van der Waals surface area contributed by atoms with Crippen LogP contribution >= 0.6 is 24.0 Å². The molecule has 0 amide bonds. The van der Waals surface area contributed by atoms with Crippen LogP contribution < -0.4 is 10.6 Å². The molecule has 0 spiro atoms. The Labute approximate surface area is 126 Å². The Morgan fingerprint density at radius 3 is 2.47 bits per heavy atom. The highest BCUT2D eigenvalue weighted by molar-refractivity contribution is 7.99. The maximum absolute atomic E-state index is 5.95. The second-order valence-corrected chi connectivity index (χ2v) is 6.79. The van der Waals surface area contributed by atoms with E-state index in [1.807, 2.05) is 0 Å². The van der Waals surface area contributed by atoms with Crippen LogP contribution in [0.5, 0.6) is 0 Å². The number of thiocarbonyl (C=S) groups is 1. The fraction of sp³-hybridized carbons (Fsp3) is 0.533. The van der Waals surface area contributed by atoms with Crippen LogP contribution in [-0.4, -0.2) is 23.8 Å². The number of benzene rings is 1. The summed E-state index contributed by atoms with van der Waals surface area (Å²) in [7, 11) is 2.11.